The quantitative estimate of drug-likeness (QED) is 0.650. The average molecular weight is 280 g/mol. The molecule has 0 aliphatic heterocycles. The third-order valence-corrected chi connectivity index (χ3v) is 4.83. The molecule has 2 nitrogen and oxygen atoms in total. The summed E-state index contributed by atoms with van der Waals surface area (Å²) < 4.78 is 0. The molecule has 0 amide bonds. The van der Waals surface area contributed by atoms with E-state index in [0.29, 0.717) is 17.9 Å². The van der Waals surface area contributed by atoms with Crippen LogP contribution >= 0.6 is 0 Å². The second-order valence-electron chi connectivity index (χ2n) is 6.31. The van der Waals surface area contributed by atoms with Gasteiger partial charge in [-0.05, 0) is 60.8 Å². The molecule has 1 fully saturated rings. The summed E-state index contributed by atoms with van der Waals surface area (Å²) in [6.45, 7) is 4.33. The summed E-state index contributed by atoms with van der Waals surface area (Å²) in [5, 5.41) is 0. The molecule has 0 saturated heterocycles. The van der Waals surface area contributed by atoms with Crippen LogP contribution in [0.2, 0.25) is 0 Å². The van der Waals surface area contributed by atoms with Crippen molar-refractivity contribution in [3.05, 3.63) is 70.8 Å². The first kappa shape index (κ1) is 14.3. The highest BCUT2D eigenvalue weighted by molar-refractivity contribution is 5.32. The minimum absolute atomic E-state index is 0.359. The number of aryl methyl sites for hydroxylation is 2. The third-order valence-electron chi connectivity index (χ3n) is 4.83. The molecule has 3 atom stereocenters. The number of hydrogen-bond acceptors (Lipinski definition) is 2. The van der Waals surface area contributed by atoms with Crippen molar-refractivity contribution in [3.63, 3.8) is 0 Å². The summed E-state index contributed by atoms with van der Waals surface area (Å²) in [5.41, 5.74) is 8.58. The van der Waals surface area contributed by atoms with E-state index in [1.165, 1.54) is 28.7 Å². The summed E-state index contributed by atoms with van der Waals surface area (Å²) in [5.74, 6) is 7.14. The van der Waals surface area contributed by atoms with E-state index in [2.05, 4.69) is 67.8 Å². The molecule has 3 N–H and O–H groups in total. The number of hydrogen-bond donors (Lipinski definition) is 2. The monoisotopic (exact) mass is 280 g/mol. The van der Waals surface area contributed by atoms with Gasteiger partial charge in [-0.2, -0.15) is 0 Å². The second kappa shape index (κ2) is 6.00. The molecule has 21 heavy (non-hydrogen) atoms. The predicted molar refractivity (Wildman–Crippen MR) is 88.0 cm³/mol. The minimum Gasteiger partial charge on any atom is -0.271 e. The second-order valence-corrected chi connectivity index (χ2v) is 6.31. The van der Waals surface area contributed by atoms with Crippen LogP contribution in [-0.4, -0.2) is 6.04 Å². The van der Waals surface area contributed by atoms with Crippen LogP contribution < -0.4 is 11.3 Å². The van der Waals surface area contributed by atoms with Crippen LogP contribution in [0.1, 0.15) is 34.6 Å². The largest absolute Gasteiger partial charge is 0.271 e. The first-order chi connectivity index (χ1) is 10.2. The van der Waals surface area contributed by atoms with E-state index >= 15 is 0 Å². The van der Waals surface area contributed by atoms with Crippen LogP contribution in [0.25, 0.3) is 0 Å². The summed E-state index contributed by atoms with van der Waals surface area (Å²) in [6.07, 6.45) is 2.25. The van der Waals surface area contributed by atoms with E-state index in [9.17, 15) is 0 Å². The van der Waals surface area contributed by atoms with Gasteiger partial charge in [0, 0.05) is 6.04 Å². The average Bonchev–Trinajstić information content (AvgIpc) is 3.30. The normalized spacial score (nSPS) is 22.0. The highest BCUT2D eigenvalue weighted by atomic mass is 15.2. The maximum absolute atomic E-state index is 5.82. The fourth-order valence-corrected chi connectivity index (χ4v) is 3.26. The van der Waals surface area contributed by atoms with Crippen LogP contribution in [0.5, 0.6) is 0 Å². The molecule has 0 aromatic heterocycles. The molecular formula is C19H24N2. The molecule has 1 saturated carbocycles. The zero-order valence-corrected chi connectivity index (χ0v) is 12.8. The predicted octanol–water partition coefficient (Wildman–Crippen LogP) is 3.48. The van der Waals surface area contributed by atoms with Crippen molar-refractivity contribution >= 4 is 0 Å². The van der Waals surface area contributed by atoms with Crippen LogP contribution in [0.15, 0.2) is 48.5 Å². The molecule has 0 radical (unpaired) electrons. The molecule has 1 aliphatic rings. The van der Waals surface area contributed by atoms with Gasteiger partial charge in [-0.15, -0.1) is 0 Å². The van der Waals surface area contributed by atoms with Gasteiger partial charge in [0.05, 0.1) is 0 Å². The van der Waals surface area contributed by atoms with E-state index in [4.69, 9.17) is 5.84 Å². The van der Waals surface area contributed by atoms with Crippen molar-refractivity contribution in [2.24, 2.45) is 11.8 Å². The number of benzene rings is 2. The van der Waals surface area contributed by atoms with Gasteiger partial charge in [0.15, 0.2) is 0 Å². The van der Waals surface area contributed by atoms with E-state index in [-0.39, 0.29) is 0 Å². The van der Waals surface area contributed by atoms with Gasteiger partial charge >= 0.3 is 0 Å². The highest BCUT2D eigenvalue weighted by Crippen LogP contribution is 2.49. The molecule has 110 valence electrons. The molecule has 0 heterocycles. The van der Waals surface area contributed by atoms with Gasteiger partial charge in [0.1, 0.15) is 0 Å². The summed E-state index contributed by atoms with van der Waals surface area (Å²) >= 11 is 0. The molecule has 3 rings (SSSR count). The molecule has 0 bridgehead atoms. The van der Waals surface area contributed by atoms with E-state index in [1.54, 1.807) is 0 Å². The van der Waals surface area contributed by atoms with Crippen molar-refractivity contribution < 1.29 is 0 Å². The third kappa shape index (κ3) is 3.17. The highest BCUT2D eigenvalue weighted by Gasteiger charge is 2.43. The summed E-state index contributed by atoms with van der Waals surface area (Å²) in [4.78, 5) is 0. The lowest BCUT2D eigenvalue weighted by Gasteiger charge is -2.17. The molecule has 3 unspecified atom stereocenters. The van der Waals surface area contributed by atoms with Gasteiger partial charge < -0.3 is 0 Å². The zero-order chi connectivity index (χ0) is 14.8. The van der Waals surface area contributed by atoms with Gasteiger partial charge in [0.2, 0.25) is 0 Å². The van der Waals surface area contributed by atoms with Gasteiger partial charge in [-0.25, -0.2) is 0 Å². The van der Waals surface area contributed by atoms with Crippen LogP contribution in [0, 0.1) is 19.8 Å². The maximum atomic E-state index is 5.82. The Morgan fingerprint density at radius 1 is 1.10 bits per heavy atom. The smallest absolute Gasteiger partial charge is 0.0285 e. The van der Waals surface area contributed by atoms with Crippen molar-refractivity contribution in [2.75, 3.05) is 0 Å². The summed E-state index contributed by atoms with van der Waals surface area (Å²) in [7, 11) is 0. The lowest BCUT2D eigenvalue weighted by atomic mass is 9.97. The van der Waals surface area contributed by atoms with Crippen LogP contribution in [-0.2, 0) is 6.42 Å². The van der Waals surface area contributed by atoms with Crippen LogP contribution in [0.4, 0.5) is 0 Å². The molecule has 2 aromatic rings. The Hall–Kier alpha value is -1.64. The Labute approximate surface area is 127 Å². The van der Waals surface area contributed by atoms with Crippen molar-refractivity contribution in [3.8, 4) is 0 Å². The Balaban J connectivity index is 1.68. The van der Waals surface area contributed by atoms with Crippen molar-refractivity contribution in [1.29, 1.82) is 0 Å². The lowest BCUT2D eigenvalue weighted by Crippen LogP contribution is -2.38. The fourth-order valence-electron chi connectivity index (χ4n) is 3.26. The van der Waals surface area contributed by atoms with Crippen molar-refractivity contribution in [1.82, 2.24) is 5.43 Å². The first-order valence-electron chi connectivity index (χ1n) is 7.76. The van der Waals surface area contributed by atoms with Crippen molar-refractivity contribution in [2.45, 2.75) is 38.6 Å². The van der Waals surface area contributed by atoms with E-state index < -0.39 is 0 Å². The SMILES string of the molecule is Cc1ccc(CC(NN)C2CC2c2ccccc2)cc1C. The molecule has 2 heteroatoms. The Kier molecular flexibility index (Phi) is 4.09. The molecule has 1 aliphatic carbocycles. The molecular weight excluding hydrogens is 256 g/mol. The van der Waals surface area contributed by atoms with Gasteiger partial charge in [-0.3, -0.25) is 11.3 Å². The van der Waals surface area contributed by atoms with Gasteiger partial charge in [-0.1, -0.05) is 48.5 Å². The number of nitrogens with one attached hydrogen (secondary N) is 1. The van der Waals surface area contributed by atoms with Crippen LogP contribution in [0.3, 0.4) is 0 Å². The zero-order valence-electron chi connectivity index (χ0n) is 12.8. The lowest BCUT2D eigenvalue weighted by molar-refractivity contribution is 0.464. The number of nitrogens with two attached hydrogens (primary N) is 1. The fraction of sp³-hybridized carbons (Fsp3) is 0.368. The Morgan fingerprint density at radius 3 is 2.52 bits per heavy atom. The van der Waals surface area contributed by atoms with E-state index in [0.717, 1.165) is 6.42 Å². The van der Waals surface area contributed by atoms with Gasteiger partial charge in [0.25, 0.3) is 0 Å². The number of hydrazine groups is 1. The first-order valence-corrected chi connectivity index (χ1v) is 7.76. The summed E-state index contributed by atoms with van der Waals surface area (Å²) in [6, 6.07) is 17.9. The molecule has 0 spiro atoms. The number of rotatable bonds is 5. The van der Waals surface area contributed by atoms with E-state index in [1.807, 2.05) is 0 Å². The Morgan fingerprint density at radius 2 is 1.86 bits per heavy atom. The molecule has 2 aromatic carbocycles. The minimum atomic E-state index is 0.359. The Bertz CT molecular complexity index is 606. The topological polar surface area (TPSA) is 38.0 Å². The standard InChI is InChI=1S/C19H24N2/c1-13-8-9-15(10-14(13)2)11-19(21-20)18-12-17(18)16-6-4-3-5-7-16/h3-10,17-19,21H,11-12,20H2,1-2H3. The maximum Gasteiger partial charge on any atom is 0.0285 e.